The highest BCUT2D eigenvalue weighted by atomic mass is 16.3. The molecule has 3 heteroatoms. The highest BCUT2D eigenvalue weighted by molar-refractivity contribution is 5.54. The number of nitrogens with zero attached hydrogens (tertiary/aromatic N) is 2. The lowest BCUT2D eigenvalue weighted by Gasteiger charge is -2.30. The number of hydrogen-bond acceptors (Lipinski definition) is 2. The van der Waals surface area contributed by atoms with Gasteiger partial charge in [-0.05, 0) is 36.8 Å². The summed E-state index contributed by atoms with van der Waals surface area (Å²) in [5, 5.41) is 14.9. The highest BCUT2D eigenvalue weighted by Crippen LogP contribution is 2.38. The normalized spacial score (nSPS) is 26.3. The highest BCUT2D eigenvalue weighted by Gasteiger charge is 2.28. The number of aliphatic hydroxyl groups is 1. The van der Waals surface area contributed by atoms with Gasteiger partial charge < -0.3 is 5.11 Å². The van der Waals surface area contributed by atoms with Gasteiger partial charge in [0.15, 0.2) is 0 Å². The molecule has 1 N–H and O–H groups in total. The van der Waals surface area contributed by atoms with E-state index in [9.17, 15) is 5.11 Å². The van der Waals surface area contributed by atoms with Crippen LogP contribution in [0.5, 0.6) is 0 Å². The Hall–Kier alpha value is -1.35. The molecule has 0 spiro atoms. The standard InChI is InChI=1S/C15H20N2O/c1-11-5-4-6-12(9-11)15(18)13-10-16-17-8-3-2-7-14(13)17/h2-3,7-8,10-12,15,18H,4-6,9H2,1H3. The second-order valence-electron chi connectivity index (χ2n) is 5.61. The predicted octanol–water partition coefficient (Wildman–Crippen LogP) is 3.19. The molecule has 1 aliphatic rings. The van der Waals surface area contributed by atoms with Crippen LogP contribution in [0.4, 0.5) is 0 Å². The summed E-state index contributed by atoms with van der Waals surface area (Å²) < 4.78 is 1.84. The molecule has 3 unspecified atom stereocenters. The fraction of sp³-hybridized carbons (Fsp3) is 0.533. The van der Waals surface area contributed by atoms with Crippen molar-refractivity contribution in [3.63, 3.8) is 0 Å². The molecule has 0 aromatic carbocycles. The van der Waals surface area contributed by atoms with Gasteiger partial charge in [0, 0.05) is 11.8 Å². The fourth-order valence-electron chi connectivity index (χ4n) is 3.20. The van der Waals surface area contributed by atoms with Gasteiger partial charge in [0.05, 0.1) is 17.8 Å². The summed E-state index contributed by atoms with van der Waals surface area (Å²) in [6.07, 6.45) is 8.18. The van der Waals surface area contributed by atoms with Crippen molar-refractivity contribution >= 4 is 5.52 Å². The molecule has 0 bridgehead atoms. The number of hydrogen-bond donors (Lipinski definition) is 1. The van der Waals surface area contributed by atoms with Gasteiger partial charge >= 0.3 is 0 Å². The first-order valence-electron chi connectivity index (χ1n) is 6.86. The van der Waals surface area contributed by atoms with E-state index in [4.69, 9.17) is 0 Å². The van der Waals surface area contributed by atoms with Crippen LogP contribution < -0.4 is 0 Å². The van der Waals surface area contributed by atoms with Crippen LogP contribution in [0.1, 0.15) is 44.3 Å². The van der Waals surface area contributed by atoms with Gasteiger partial charge in [-0.2, -0.15) is 5.10 Å². The third-order valence-electron chi connectivity index (χ3n) is 4.20. The second kappa shape index (κ2) is 4.73. The maximum atomic E-state index is 10.6. The summed E-state index contributed by atoms with van der Waals surface area (Å²) in [6.45, 7) is 2.29. The van der Waals surface area contributed by atoms with Crippen molar-refractivity contribution in [3.8, 4) is 0 Å². The van der Waals surface area contributed by atoms with Crippen molar-refractivity contribution in [1.29, 1.82) is 0 Å². The molecule has 1 aliphatic carbocycles. The third kappa shape index (κ3) is 2.03. The topological polar surface area (TPSA) is 37.5 Å². The summed E-state index contributed by atoms with van der Waals surface area (Å²) in [6, 6.07) is 5.98. The molecule has 1 saturated carbocycles. The zero-order valence-corrected chi connectivity index (χ0v) is 10.8. The number of aromatic nitrogens is 2. The largest absolute Gasteiger partial charge is 0.388 e. The van der Waals surface area contributed by atoms with Crippen LogP contribution in [0.25, 0.3) is 5.52 Å². The Labute approximate surface area is 107 Å². The van der Waals surface area contributed by atoms with E-state index in [-0.39, 0.29) is 6.10 Å². The van der Waals surface area contributed by atoms with E-state index in [1.165, 1.54) is 12.8 Å². The molecule has 96 valence electrons. The Bertz CT molecular complexity index is 534. The summed E-state index contributed by atoms with van der Waals surface area (Å²) in [5.41, 5.74) is 2.01. The van der Waals surface area contributed by atoms with Crippen LogP contribution in [-0.2, 0) is 0 Å². The van der Waals surface area contributed by atoms with Crippen molar-refractivity contribution in [1.82, 2.24) is 9.61 Å². The van der Waals surface area contributed by atoms with Crippen molar-refractivity contribution in [2.45, 2.75) is 38.7 Å². The Morgan fingerprint density at radius 1 is 1.39 bits per heavy atom. The van der Waals surface area contributed by atoms with E-state index in [2.05, 4.69) is 12.0 Å². The molecule has 18 heavy (non-hydrogen) atoms. The number of fused-ring (bicyclic) bond motifs is 1. The molecule has 0 aliphatic heterocycles. The molecule has 2 aromatic rings. The summed E-state index contributed by atoms with van der Waals surface area (Å²) in [7, 11) is 0. The van der Waals surface area contributed by atoms with Crippen LogP contribution in [0.2, 0.25) is 0 Å². The minimum Gasteiger partial charge on any atom is -0.388 e. The van der Waals surface area contributed by atoms with Crippen molar-refractivity contribution in [2.75, 3.05) is 0 Å². The smallest absolute Gasteiger partial charge is 0.0854 e. The predicted molar refractivity (Wildman–Crippen MR) is 71.3 cm³/mol. The first-order chi connectivity index (χ1) is 8.75. The first-order valence-corrected chi connectivity index (χ1v) is 6.86. The number of pyridine rings is 1. The van der Waals surface area contributed by atoms with E-state index in [0.717, 1.165) is 29.8 Å². The maximum absolute atomic E-state index is 10.6. The minimum atomic E-state index is -0.368. The van der Waals surface area contributed by atoms with E-state index >= 15 is 0 Å². The number of rotatable bonds is 2. The minimum absolute atomic E-state index is 0.368. The SMILES string of the molecule is CC1CCCC(C(O)c2cnn3ccccc23)C1. The van der Waals surface area contributed by atoms with E-state index in [1.807, 2.05) is 35.1 Å². The first kappa shape index (κ1) is 11.7. The molecule has 3 nitrogen and oxygen atoms in total. The quantitative estimate of drug-likeness (QED) is 0.881. The maximum Gasteiger partial charge on any atom is 0.0854 e. The van der Waals surface area contributed by atoms with Gasteiger partial charge in [-0.15, -0.1) is 0 Å². The van der Waals surface area contributed by atoms with Crippen molar-refractivity contribution < 1.29 is 5.11 Å². The van der Waals surface area contributed by atoms with Crippen LogP contribution in [0, 0.1) is 11.8 Å². The molecule has 3 atom stereocenters. The van der Waals surface area contributed by atoms with E-state index < -0.39 is 0 Å². The molecule has 0 radical (unpaired) electrons. The van der Waals surface area contributed by atoms with Gasteiger partial charge in [-0.25, -0.2) is 4.52 Å². The molecular weight excluding hydrogens is 224 g/mol. The van der Waals surface area contributed by atoms with Crippen molar-refractivity contribution in [2.24, 2.45) is 11.8 Å². The summed E-state index contributed by atoms with van der Waals surface area (Å²) in [5.74, 6) is 1.13. The second-order valence-corrected chi connectivity index (χ2v) is 5.61. The monoisotopic (exact) mass is 244 g/mol. The fourth-order valence-corrected chi connectivity index (χ4v) is 3.20. The average molecular weight is 244 g/mol. The zero-order valence-electron chi connectivity index (χ0n) is 10.8. The zero-order chi connectivity index (χ0) is 12.5. The Morgan fingerprint density at radius 2 is 2.28 bits per heavy atom. The van der Waals surface area contributed by atoms with Gasteiger partial charge in [-0.3, -0.25) is 0 Å². The lowest BCUT2D eigenvalue weighted by Crippen LogP contribution is -2.20. The molecule has 3 rings (SSSR count). The molecule has 2 aromatic heterocycles. The lowest BCUT2D eigenvalue weighted by atomic mass is 9.78. The van der Waals surface area contributed by atoms with Crippen LogP contribution in [0.15, 0.2) is 30.6 Å². The molecular formula is C15H20N2O. The van der Waals surface area contributed by atoms with Gasteiger partial charge in [-0.1, -0.05) is 25.8 Å². The Balaban J connectivity index is 1.89. The number of aliphatic hydroxyl groups excluding tert-OH is 1. The van der Waals surface area contributed by atoms with Crippen LogP contribution in [0.3, 0.4) is 0 Å². The molecule has 1 fully saturated rings. The third-order valence-corrected chi connectivity index (χ3v) is 4.20. The van der Waals surface area contributed by atoms with Gasteiger partial charge in [0.25, 0.3) is 0 Å². The lowest BCUT2D eigenvalue weighted by molar-refractivity contribution is 0.0725. The van der Waals surface area contributed by atoms with Crippen molar-refractivity contribution in [3.05, 3.63) is 36.2 Å². The van der Waals surface area contributed by atoms with Gasteiger partial charge in [0.2, 0.25) is 0 Å². The molecule has 0 amide bonds. The van der Waals surface area contributed by atoms with Gasteiger partial charge in [0.1, 0.15) is 0 Å². The molecule has 0 saturated heterocycles. The average Bonchev–Trinajstić information content (AvgIpc) is 2.82. The Kier molecular flexibility index (Phi) is 3.08. The van der Waals surface area contributed by atoms with E-state index in [0.29, 0.717) is 5.92 Å². The van der Waals surface area contributed by atoms with Crippen LogP contribution in [-0.4, -0.2) is 14.7 Å². The van der Waals surface area contributed by atoms with Crippen LogP contribution >= 0.6 is 0 Å². The summed E-state index contributed by atoms with van der Waals surface area (Å²) >= 11 is 0. The summed E-state index contributed by atoms with van der Waals surface area (Å²) in [4.78, 5) is 0. The molecule has 2 heterocycles. The van der Waals surface area contributed by atoms with E-state index in [1.54, 1.807) is 0 Å². The Morgan fingerprint density at radius 3 is 3.11 bits per heavy atom.